The van der Waals surface area contributed by atoms with Crippen LogP contribution >= 0.6 is 11.3 Å². The summed E-state index contributed by atoms with van der Waals surface area (Å²) in [7, 11) is -3.97. The van der Waals surface area contributed by atoms with E-state index >= 15 is 0 Å². The lowest BCUT2D eigenvalue weighted by molar-refractivity contribution is 0.0713. The SMILES string of the molecule is O=C(c1ccc(S(=O)(=O)Nc2ccccc2F)cc1)N1CCC(c2nc3ccccc3s2)CC1. The van der Waals surface area contributed by atoms with E-state index in [9.17, 15) is 17.6 Å². The minimum atomic E-state index is -3.97. The summed E-state index contributed by atoms with van der Waals surface area (Å²) >= 11 is 1.71. The van der Waals surface area contributed by atoms with Gasteiger partial charge in [0.05, 0.1) is 25.8 Å². The molecule has 5 rings (SSSR count). The highest BCUT2D eigenvalue weighted by Gasteiger charge is 2.27. The monoisotopic (exact) mass is 495 g/mol. The molecule has 4 aromatic rings. The highest BCUT2D eigenvalue weighted by Crippen LogP contribution is 2.34. The maximum atomic E-state index is 13.8. The number of nitrogens with one attached hydrogen (secondary N) is 1. The minimum absolute atomic E-state index is 0.0400. The van der Waals surface area contributed by atoms with E-state index in [2.05, 4.69) is 10.8 Å². The first-order valence-corrected chi connectivity index (χ1v) is 13.2. The van der Waals surface area contributed by atoms with Gasteiger partial charge in [-0.05, 0) is 61.4 Å². The summed E-state index contributed by atoms with van der Waals surface area (Å²) in [6.45, 7) is 1.24. The van der Waals surface area contributed by atoms with Gasteiger partial charge >= 0.3 is 0 Å². The zero-order valence-corrected chi connectivity index (χ0v) is 19.8. The molecule has 1 N–H and O–H groups in total. The van der Waals surface area contributed by atoms with Crippen LogP contribution in [-0.2, 0) is 10.0 Å². The number of aromatic nitrogens is 1. The predicted molar refractivity (Wildman–Crippen MR) is 131 cm³/mol. The van der Waals surface area contributed by atoms with Crippen molar-refractivity contribution in [2.75, 3.05) is 17.8 Å². The van der Waals surface area contributed by atoms with Crippen LogP contribution in [0.5, 0.6) is 0 Å². The normalized spacial score (nSPS) is 14.9. The maximum Gasteiger partial charge on any atom is 0.261 e. The number of carbonyl (C=O) groups excluding carboxylic acids is 1. The number of para-hydroxylation sites is 2. The van der Waals surface area contributed by atoms with Crippen LogP contribution < -0.4 is 4.72 Å². The summed E-state index contributed by atoms with van der Waals surface area (Å²) in [6, 6.07) is 19.4. The van der Waals surface area contributed by atoms with Gasteiger partial charge in [-0.1, -0.05) is 24.3 Å². The van der Waals surface area contributed by atoms with Crippen molar-refractivity contribution in [1.29, 1.82) is 0 Å². The van der Waals surface area contributed by atoms with Crippen molar-refractivity contribution in [2.24, 2.45) is 0 Å². The molecule has 1 aliphatic heterocycles. The average molecular weight is 496 g/mol. The van der Waals surface area contributed by atoms with E-state index in [1.807, 2.05) is 18.2 Å². The molecule has 0 spiro atoms. The average Bonchev–Trinajstić information content (AvgIpc) is 3.30. The third kappa shape index (κ3) is 4.53. The van der Waals surface area contributed by atoms with E-state index in [4.69, 9.17) is 4.98 Å². The van der Waals surface area contributed by atoms with E-state index in [0.29, 0.717) is 24.6 Å². The van der Waals surface area contributed by atoms with Crippen LogP contribution in [0.1, 0.15) is 34.1 Å². The molecule has 9 heteroatoms. The number of hydrogen-bond acceptors (Lipinski definition) is 5. The molecule has 1 aromatic heterocycles. The second-order valence-electron chi connectivity index (χ2n) is 8.20. The number of nitrogens with zero attached hydrogens (tertiary/aromatic N) is 2. The Bertz CT molecular complexity index is 1410. The number of sulfonamides is 1. The number of hydrogen-bond donors (Lipinski definition) is 1. The Balaban J connectivity index is 1.23. The van der Waals surface area contributed by atoms with E-state index in [0.717, 1.165) is 23.4 Å². The topological polar surface area (TPSA) is 79.4 Å². The van der Waals surface area contributed by atoms with Gasteiger partial charge < -0.3 is 4.90 Å². The van der Waals surface area contributed by atoms with Crippen LogP contribution in [0, 0.1) is 5.82 Å². The second kappa shape index (κ2) is 9.15. The van der Waals surface area contributed by atoms with E-state index in [1.165, 1.54) is 47.2 Å². The predicted octanol–water partition coefficient (Wildman–Crippen LogP) is 5.26. The number of benzene rings is 3. The third-order valence-electron chi connectivity index (χ3n) is 5.97. The summed E-state index contributed by atoms with van der Waals surface area (Å²) < 4.78 is 42.4. The molecule has 0 bridgehead atoms. The summed E-state index contributed by atoms with van der Waals surface area (Å²) in [5, 5.41) is 1.12. The highest BCUT2D eigenvalue weighted by atomic mass is 32.2. The maximum absolute atomic E-state index is 13.8. The summed E-state index contributed by atoms with van der Waals surface area (Å²) in [5.41, 5.74) is 1.31. The number of carbonyl (C=O) groups is 1. The Labute approximate surface area is 201 Å². The van der Waals surface area contributed by atoms with Crippen molar-refractivity contribution >= 4 is 43.2 Å². The standard InChI is InChI=1S/C25H22FN3O3S2/c26-20-5-1-2-6-21(20)28-34(31,32)19-11-9-18(10-12-19)25(30)29-15-13-17(14-16-29)24-27-22-7-3-4-8-23(22)33-24/h1-12,17,28H,13-16H2. The molecule has 1 aliphatic rings. The van der Waals surface area contributed by atoms with Crippen LogP contribution in [-0.4, -0.2) is 37.3 Å². The Kier molecular flexibility index (Phi) is 6.05. The van der Waals surface area contributed by atoms with Crippen molar-refractivity contribution in [1.82, 2.24) is 9.88 Å². The van der Waals surface area contributed by atoms with Crippen molar-refractivity contribution in [2.45, 2.75) is 23.7 Å². The minimum Gasteiger partial charge on any atom is -0.339 e. The molecule has 34 heavy (non-hydrogen) atoms. The zero-order valence-electron chi connectivity index (χ0n) is 18.1. The smallest absolute Gasteiger partial charge is 0.261 e. The molecule has 0 unspecified atom stereocenters. The van der Waals surface area contributed by atoms with Crippen molar-refractivity contribution in [3.05, 3.63) is 89.2 Å². The number of thiazole rings is 1. The fourth-order valence-corrected chi connectivity index (χ4v) is 6.30. The largest absolute Gasteiger partial charge is 0.339 e. The zero-order chi connectivity index (χ0) is 23.7. The molecule has 3 aromatic carbocycles. The van der Waals surface area contributed by atoms with Gasteiger partial charge in [-0.15, -0.1) is 11.3 Å². The number of piperidine rings is 1. The number of amides is 1. The Morgan fingerprint density at radius 2 is 1.65 bits per heavy atom. The number of halogens is 1. The first-order valence-electron chi connectivity index (χ1n) is 10.9. The molecule has 1 fully saturated rings. The first kappa shape index (κ1) is 22.5. The molecule has 2 heterocycles. The molecular weight excluding hydrogens is 473 g/mol. The van der Waals surface area contributed by atoms with Gasteiger partial charge in [0.2, 0.25) is 0 Å². The second-order valence-corrected chi connectivity index (χ2v) is 10.9. The number of anilines is 1. The molecule has 0 saturated carbocycles. The number of fused-ring (bicyclic) bond motifs is 1. The summed E-state index contributed by atoms with van der Waals surface area (Å²) in [5.74, 6) is -0.459. The van der Waals surface area contributed by atoms with Crippen molar-refractivity contribution in [3.8, 4) is 0 Å². The molecule has 1 saturated heterocycles. The van der Waals surface area contributed by atoms with E-state index < -0.39 is 15.8 Å². The van der Waals surface area contributed by atoms with E-state index in [1.54, 1.807) is 22.3 Å². The van der Waals surface area contributed by atoms with Gasteiger partial charge in [-0.25, -0.2) is 17.8 Å². The number of rotatable bonds is 5. The quantitative estimate of drug-likeness (QED) is 0.410. The lowest BCUT2D eigenvalue weighted by Crippen LogP contribution is -2.37. The molecule has 6 nitrogen and oxygen atoms in total. The molecule has 0 radical (unpaired) electrons. The Morgan fingerprint density at radius 3 is 2.35 bits per heavy atom. The van der Waals surface area contributed by atoms with Gasteiger partial charge in [0, 0.05) is 24.6 Å². The summed E-state index contributed by atoms with van der Waals surface area (Å²) in [6.07, 6.45) is 1.68. The van der Waals surface area contributed by atoms with Crippen LogP contribution in [0.3, 0.4) is 0 Å². The van der Waals surface area contributed by atoms with Crippen LogP contribution in [0.15, 0.2) is 77.7 Å². The third-order valence-corrected chi connectivity index (χ3v) is 8.55. The first-order chi connectivity index (χ1) is 16.4. The molecule has 0 aliphatic carbocycles. The molecule has 1 amide bonds. The van der Waals surface area contributed by atoms with Gasteiger partial charge in [0.25, 0.3) is 15.9 Å². The fraction of sp³-hybridized carbons (Fsp3) is 0.200. The van der Waals surface area contributed by atoms with Crippen molar-refractivity contribution in [3.63, 3.8) is 0 Å². The van der Waals surface area contributed by atoms with Crippen LogP contribution in [0.2, 0.25) is 0 Å². The lowest BCUT2D eigenvalue weighted by Gasteiger charge is -2.31. The lowest BCUT2D eigenvalue weighted by atomic mass is 9.97. The molecule has 174 valence electrons. The highest BCUT2D eigenvalue weighted by molar-refractivity contribution is 7.92. The van der Waals surface area contributed by atoms with Gasteiger partial charge in [-0.2, -0.15) is 0 Å². The van der Waals surface area contributed by atoms with Crippen molar-refractivity contribution < 1.29 is 17.6 Å². The Hall–Kier alpha value is -3.30. The number of likely N-dealkylation sites (tertiary alicyclic amines) is 1. The van der Waals surface area contributed by atoms with Gasteiger partial charge in [0.1, 0.15) is 5.82 Å². The van der Waals surface area contributed by atoms with Crippen LogP contribution in [0.25, 0.3) is 10.2 Å². The Morgan fingerprint density at radius 1 is 0.971 bits per heavy atom. The van der Waals surface area contributed by atoms with Gasteiger partial charge in [-0.3, -0.25) is 9.52 Å². The molecule has 0 atom stereocenters. The molecular formula is C25H22FN3O3S2. The van der Waals surface area contributed by atoms with Gasteiger partial charge in [0.15, 0.2) is 0 Å². The van der Waals surface area contributed by atoms with E-state index in [-0.39, 0.29) is 16.5 Å². The summed E-state index contributed by atoms with van der Waals surface area (Å²) in [4.78, 5) is 19.5. The van der Waals surface area contributed by atoms with Crippen LogP contribution in [0.4, 0.5) is 10.1 Å². The fourth-order valence-electron chi connectivity index (χ4n) is 4.10.